The summed E-state index contributed by atoms with van der Waals surface area (Å²) < 4.78 is 34.1. The van der Waals surface area contributed by atoms with Crippen molar-refractivity contribution in [3.05, 3.63) is 48.5 Å². The van der Waals surface area contributed by atoms with Crippen LogP contribution in [0.15, 0.2) is 58.6 Å². The summed E-state index contributed by atoms with van der Waals surface area (Å²) in [5, 5.41) is 14.4. The SMILES string of the molecule is CC(=O)Nc1ccc(NC(=O)CSc2nnc(-c3ccc(S(=O)(=O)N4CCOCC4)cc3)n2C)cc1. The summed E-state index contributed by atoms with van der Waals surface area (Å²) in [6.07, 6.45) is 0. The molecule has 2 heterocycles. The van der Waals surface area contributed by atoms with Gasteiger partial charge in [0.05, 0.1) is 23.9 Å². The second-order valence-corrected chi connectivity index (χ2v) is 10.9. The lowest BCUT2D eigenvalue weighted by Crippen LogP contribution is -2.40. The Morgan fingerprint density at radius 3 is 2.19 bits per heavy atom. The van der Waals surface area contributed by atoms with Crippen molar-refractivity contribution in [1.29, 1.82) is 0 Å². The maximum atomic E-state index is 12.8. The van der Waals surface area contributed by atoms with Crippen molar-refractivity contribution in [2.45, 2.75) is 17.0 Å². The zero-order valence-corrected chi connectivity index (χ0v) is 21.4. The van der Waals surface area contributed by atoms with E-state index < -0.39 is 10.0 Å². The van der Waals surface area contributed by atoms with E-state index in [9.17, 15) is 18.0 Å². The highest BCUT2D eigenvalue weighted by molar-refractivity contribution is 7.99. The molecule has 0 unspecified atom stereocenters. The number of carbonyl (C=O) groups excluding carboxylic acids is 2. The number of carbonyl (C=O) groups is 2. The Morgan fingerprint density at radius 1 is 0.972 bits per heavy atom. The average Bonchev–Trinajstić information content (AvgIpc) is 3.24. The molecule has 2 amide bonds. The van der Waals surface area contributed by atoms with Gasteiger partial charge >= 0.3 is 0 Å². The van der Waals surface area contributed by atoms with Crippen molar-refractivity contribution < 1.29 is 22.7 Å². The summed E-state index contributed by atoms with van der Waals surface area (Å²) in [6.45, 7) is 2.88. The Labute approximate surface area is 213 Å². The first-order valence-corrected chi connectivity index (χ1v) is 13.5. The van der Waals surface area contributed by atoms with E-state index in [1.54, 1.807) is 60.1 Å². The molecule has 0 bridgehead atoms. The first-order valence-electron chi connectivity index (χ1n) is 11.1. The van der Waals surface area contributed by atoms with Crippen molar-refractivity contribution in [2.75, 3.05) is 42.7 Å². The van der Waals surface area contributed by atoms with Crippen LogP contribution in [0.1, 0.15) is 6.92 Å². The molecule has 0 radical (unpaired) electrons. The highest BCUT2D eigenvalue weighted by Gasteiger charge is 2.26. The van der Waals surface area contributed by atoms with Gasteiger partial charge in [0, 0.05) is 44.0 Å². The van der Waals surface area contributed by atoms with Crippen LogP contribution < -0.4 is 10.6 Å². The lowest BCUT2D eigenvalue weighted by atomic mass is 10.2. The minimum Gasteiger partial charge on any atom is -0.379 e. The average molecular weight is 531 g/mol. The van der Waals surface area contributed by atoms with Gasteiger partial charge in [0.2, 0.25) is 21.8 Å². The molecule has 190 valence electrons. The topological polar surface area (TPSA) is 136 Å². The summed E-state index contributed by atoms with van der Waals surface area (Å²) in [4.78, 5) is 23.7. The number of nitrogens with zero attached hydrogens (tertiary/aromatic N) is 4. The third kappa shape index (κ3) is 6.10. The molecule has 2 aromatic carbocycles. The first kappa shape index (κ1) is 25.8. The van der Waals surface area contributed by atoms with Gasteiger partial charge in [0.1, 0.15) is 0 Å². The maximum Gasteiger partial charge on any atom is 0.243 e. The number of aromatic nitrogens is 3. The Hall–Kier alpha value is -3.26. The van der Waals surface area contributed by atoms with Crippen LogP contribution in [0.25, 0.3) is 11.4 Å². The van der Waals surface area contributed by atoms with Gasteiger partial charge in [-0.2, -0.15) is 4.31 Å². The summed E-state index contributed by atoms with van der Waals surface area (Å²) in [5.74, 6) is 0.298. The smallest absolute Gasteiger partial charge is 0.243 e. The first-order chi connectivity index (χ1) is 17.2. The molecule has 4 rings (SSSR count). The minimum atomic E-state index is -3.57. The molecule has 13 heteroatoms. The quantitative estimate of drug-likeness (QED) is 0.423. The molecular weight excluding hydrogens is 504 g/mol. The van der Waals surface area contributed by atoms with Gasteiger partial charge < -0.3 is 19.9 Å². The third-order valence-electron chi connectivity index (χ3n) is 5.38. The van der Waals surface area contributed by atoms with Gasteiger partial charge in [-0.15, -0.1) is 10.2 Å². The lowest BCUT2D eigenvalue weighted by molar-refractivity contribution is -0.114. The standard InChI is InChI=1S/C23H26N6O5S2/c1-16(30)24-18-5-7-19(8-6-18)25-21(31)15-35-23-27-26-22(28(23)2)17-3-9-20(10-4-17)36(32,33)29-11-13-34-14-12-29/h3-10H,11-15H2,1-2H3,(H,24,30)(H,25,31). The van der Waals surface area contributed by atoms with Crippen molar-refractivity contribution >= 4 is 45.0 Å². The van der Waals surface area contributed by atoms with Gasteiger partial charge in [-0.3, -0.25) is 9.59 Å². The lowest BCUT2D eigenvalue weighted by Gasteiger charge is -2.26. The number of anilines is 2. The number of morpholine rings is 1. The van der Waals surface area contributed by atoms with Gasteiger partial charge in [-0.05, 0) is 48.5 Å². The van der Waals surface area contributed by atoms with Crippen LogP contribution in [0.3, 0.4) is 0 Å². The molecular formula is C23H26N6O5S2. The van der Waals surface area contributed by atoms with Crippen molar-refractivity contribution in [2.24, 2.45) is 7.05 Å². The van der Waals surface area contributed by atoms with Gasteiger partial charge in [0.15, 0.2) is 11.0 Å². The van der Waals surface area contributed by atoms with Crippen molar-refractivity contribution in [1.82, 2.24) is 19.1 Å². The van der Waals surface area contributed by atoms with Gasteiger partial charge in [-0.1, -0.05) is 11.8 Å². The predicted octanol–water partition coefficient (Wildman–Crippen LogP) is 2.19. The number of thioether (sulfide) groups is 1. The molecule has 0 atom stereocenters. The number of hydrogen-bond donors (Lipinski definition) is 2. The molecule has 0 saturated carbocycles. The monoisotopic (exact) mass is 530 g/mol. The van der Waals surface area contributed by atoms with Crippen LogP contribution in [0.5, 0.6) is 0 Å². The summed E-state index contributed by atoms with van der Waals surface area (Å²) in [7, 11) is -1.79. The number of sulfonamides is 1. The number of benzene rings is 2. The number of nitrogens with one attached hydrogen (secondary N) is 2. The molecule has 1 saturated heterocycles. The summed E-state index contributed by atoms with van der Waals surface area (Å²) >= 11 is 1.23. The fraction of sp³-hybridized carbons (Fsp3) is 0.304. The molecule has 0 spiro atoms. The fourth-order valence-electron chi connectivity index (χ4n) is 3.57. The van der Waals surface area contributed by atoms with Crippen LogP contribution in [0, 0.1) is 0 Å². The Bertz CT molecular complexity index is 1330. The molecule has 1 fully saturated rings. The minimum absolute atomic E-state index is 0.121. The molecule has 3 aromatic rings. The molecule has 11 nitrogen and oxygen atoms in total. The Kier molecular flexibility index (Phi) is 8.04. The number of amides is 2. The Balaban J connectivity index is 1.36. The highest BCUT2D eigenvalue weighted by atomic mass is 32.2. The number of ether oxygens (including phenoxy) is 1. The van der Waals surface area contributed by atoms with E-state index in [1.807, 2.05) is 0 Å². The molecule has 0 aliphatic carbocycles. The molecule has 1 aliphatic rings. The largest absolute Gasteiger partial charge is 0.379 e. The fourth-order valence-corrected chi connectivity index (χ4v) is 5.69. The molecule has 1 aromatic heterocycles. The van der Waals surface area contributed by atoms with Crippen LogP contribution in [0.4, 0.5) is 11.4 Å². The predicted molar refractivity (Wildman–Crippen MR) is 136 cm³/mol. The second-order valence-electron chi connectivity index (χ2n) is 8.00. The van der Waals surface area contributed by atoms with Gasteiger partial charge in [-0.25, -0.2) is 8.42 Å². The van der Waals surface area contributed by atoms with E-state index in [0.717, 1.165) is 0 Å². The van der Waals surface area contributed by atoms with Crippen LogP contribution in [0.2, 0.25) is 0 Å². The normalized spacial score (nSPS) is 14.4. The Morgan fingerprint density at radius 2 is 1.58 bits per heavy atom. The third-order valence-corrected chi connectivity index (χ3v) is 8.31. The van der Waals surface area contributed by atoms with Gasteiger partial charge in [0.25, 0.3) is 0 Å². The van der Waals surface area contributed by atoms with E-state index in [4.69, 9.17) is 4.74 Å². The van der Waals surface area contributed by atoms with Crippen molar-refractivity contribution in [3.8, 4) is 11.4 Å². The van der Waals surface area contributed by atoms with Crippen LogP contribution >= 0.6 is 11.8 Å². The maximum absolute atomic E-state index is 12.8. The van der Waals surface area contributed by atoms with E-state index in [1.165, 1.54) is 23.0 Å². The molecule has 1 aliphatic heterocycles. The number of hydrogen-bond acceptors (Lipinski definition) is 8. The van der Waals surface area contributed by atoms with E-state index >= 15 is 0 Å². The summed E-state index contributed by atoms with van der Waals surface area (Å²) in [5.41, 5.74) is 1.97. The summed E-state index contributed by atoms with van der Waals surface area (Å²) in [6, 6.07) is 13.3. The second kappa shape index (κ2) is 11.2. The zero-order chi connectivity index (χ0) is 25.7. The molecule has 2 N–H and O–H groups in total. The van der Waals surface area contributed by atoms with Crippen LogP contribution in [-0.4, -0.2) is 71.4 Å². The van der Waals surface area contributed by atoms with E-state index in [-0.39, 0.29) is 22.5 Å². The van der Waals surface area contributed by atoms with E-state index in [2.05, 4.69) is 20.8 Å². The van der Waals surface area contributed by atoms with E-state index in [0.29, 0.717) is 54.2 Å². The van der Waals surface area contributed by atoms with Crippen molar-refractivity contribution in [3.63, 3.8) is 0 Å². The highest BCUT2D eigenvalue weighted by Crippen LogP contribution is 2.25. The number of rotatable bonds is 8. The molecule has 36 heavy (non-hydrogen) atoms. The zero-order valence-electron chi connectivity index (χ0n) is 19.8. The van der Waals surface area contributed by atoms with Crippen LogP contribution in [-0.2, 0) is 31.4 Å².